The zero-order valence-electron chi connectivity index (χ0n) is 16.8. The summed E-state index contributed by atoms with van der Waals surface area (Å²) in [5.74, 6) is 1.96. The fraction of sp³-hybridized carbons (Fsp3) is 0.583. The molecule has 148 valence electrons. The maximum Gasteiger partial charge on any atom is 0.340 e. The third-order valence-electron chi connectivity index (χ3n) is 7.43. The van der Waals surface area contributed by atoms with Gasteiger partial charge in [-0.2, -0.15) is 0 Å². The van der Waals surface area contributed by atoms with E-state index < -0.39 is 5.41 Å². The van der Waals surface area contributed by atoms with Crippen LogP contribution in [0.25, 0.3) is 0 Å². The number of hydrogen-bond donors (Lipinski definition) is 0. The summed E-state index contributed by atoms with van der Waals surface area (Å²) in [4.78, 5) is 25.8. The van der Waals surface area contributed by atoms with Crippen molar-refractivity contribution in [2.24, 2.45) is 23.2 Å². The number of rotatable bonds is 4. The molecular weight excluding hydrogens is 352 g/mol. The minimum Gasteiger partial charge on any atom is -0.427 e. The average molecular weight is 380 g/mol. The highest BCUT2D eigenvalue weighted by Gasteiger charge is 2.66. The Labute approximate surface area is 166 Å². The number of carbonyl (C=O) groups is 2. The molecule has 4 atom stereocenters. The average Bonchev–Trinajstić information content (AvgIpc) is 3.19. The highest BCUT2D eigenvalue weighted by atomic mass is 16.5. The van der Waals surface area contributed by atoms with Crippen molar-refractivity contribution in [2.75, 3.05) is 0 Å². The van der Waals surface area contributed by atoms with Crippen molar-refractivity contribution >= 4 is 11.9 Å². The summed E-state index contributed by atoms with van der Waals surface area (Å²) < 4.78 is 11.6. The summed E-state index contributed by atoms with van der Waals surface area (Å²) in [5.41, 5.74) is 2.29. The van der Waals surface area contributed by atoms with Crippen LogP contribution >= 0.6 is 0 Å². The predicted molar refractivity (Wildman–Crippen MR) is 105 cm³/mol. The van der Waals surface area contributed by atoms with E-state index in [2.05, 4.69) is 32.1 Å². The van der Waals surface area contributed by atoms with E-state index in [4.69, 9.17) is 9.47 Å². The first-order chi connectivity index (χ1) is 13.6. The van der Waals surface area contributed by atoms with E-state index in [1.54, 1.807) is 0 Å². The van der Waals surface area contributed by atoms with Gasteiger partial charge in [-0.3, -0.25) is 0 Å². The molecule has 1 spiro atoms. The first kappa shape index (κ1) is 18.0. The fourth-order valence-electron chi connectivity index (χ4n) is 6.29. The van der Waals surface area contributed by atoms with Crippen LogP contribution in [0.15, 0.2) is 46.5 Å². The molecule has 1 saturated carbocycles. The summed E-state index contributed by atoms with van der Waals surface area (Å²) in [6.07, 6.45) is 14.1. The lowest BCUT2D eigenvalue weighted by Crippen LogP contribution is -2.50. The number of hydrogen-bond acceptors (Lipinski definition) is 4. The highest BCUT2D eigenvalue weighted by molar-refractivity contribution is 5.99. The number of fused-ring (bicyclic) bond motifs is 1. The van der Waals surface area contributed by atoms with Crippen LogP contribution < -0.4 is 0 Å². The largest absolute Gasteiger partial charge is 0.427 e. The van der Waals surface area contributed by atoms with Crippen LogP contribution in [-0.4, -0.2) is 11.9 Å². The maximum absolute atomic E-state index is 13.0. The van der Waals surface area contributed by atoms with E-state index in [0.29, 0.717) is 11.8 Å². The number of esters is 2. The lowest BCUT2D eigenvalue weighted by molar-refractivity contribution is -0.135. The Morgan fingerprint density at radius 3 is 2.64 bits per heavy atom. The standard InChI is InChI=1S/C24H28O4/c1-3-5-7-18-16-10-9-15-14-11-12-24(21(15)20(16)23(26)27-18)17(13-14)22(25)28-19(24)8-6-4-2/h7-8,13-15,21H,3-6,9-12H2,1-2H3/b18-7-,19-8-/t14-,15+,21-,24+/m0/s1. The van der Waals surface area contributed by atoms with Crippen molar-refractivity contribution in [3.63, 3.8) is 0 Å². The molecule has 0 aromatic carbocycles. The summed E-state index contributed by atoms with van der Waals surface area (Å²) in [5, 5.41) is 0. The molecule has 0 aromatic heterocycles. The molecule has 0 radical (unpaired) electrons. The topological polar surface area (TPSA) is 52.6 Å². The van der Waals surface area contributed by atoms with Gasteiger partial charge in [-0.1, -0.05) is 32.8 Å². The molecule has 0 aromatic rings. The van der Waals surface area contributed by atoms with Crippen molar-refractivity contribution in [3.8, 4) is 0 Å². The van der Waals surface area contributed by atoms with E-state index >= 15 is 0 Å². The molecule has 6 aliphatic rings. The molecule has 0 N–H and O–H groups in total. The molecule has 4 heteroatoms. The minimum absolute atomic E-state index is 0.0181. The highest BCUT2D eigenvalue weighted by Crippen LogP contribution is 2.68. The number of carbonyl (C=O) groups excluding carboxylic acids is 2. The quantitative estimate of drug-likeness (QED) is 0.635. The molecule has 4 nitrogen and oxygen atoms in total. The third kappa shape index (κ3) is 2.23. The first-order valence-electron chi connectivity index (χ1n) is 10.9. The summed E-state index contributed by atoms with van der Waals surface area (Å²) in [6, 6.07) is 0. The van der Waals surface area contributed by atoms with Gasteiger partial charge in [0.1, 0.15) is 11.5 Å². The Kier molecular flexibility index (Phi) is 4.15. The second kappa shape index (κ2) is 6.47. The maximum atomic E-state index is 13.0. The molecule has 28 heavy (non-hydrogen) atoms. The van der Waals surface area contributed by atoms with Gasteiger partial charge in [0.25, 0.3) is 0 Å². The van der Waals surface area contributed by atoms with Gasteiger partial charge in [0, 0.05) is 22.6 Å². The summed E-state index contributed by atoms with van der Waals surface area (Å²) >= 11 is 0. The van der Waals surface area contributed by atoms with E-state index in [0.717, 1.165) is 79.6 Å². The van der Waals surface area contributed by atoms with Gasteiger partial charge in [-0.25, -0.2) is 9.59 Å². The molecule has 2 aliphatic heterocycles. The van der Waals surface area contributed by atoms with Crippen LogP contribution in [0, 0.1) is 23.2 Å². The molecular formula is C24H28O4. The minimum atomic E-state index is -0.452. The Morgan fingerprint density at radius 1 is 1.07 bits per heavy atom. The lowest BCUT2D eigenvalue weighted by Gasteiger charge is -2.54. The van der Waals surface area contributed by atoms with Gasteiger partial charge in [0.05, 0.1) is 5.41 Å². The number of cyclic esters (lactones) is 2. The third-order valence-corrected chi connectivity index (χ3v) is 7.43. The van der Waals surface area contributed by atoms with E-state index in [-0.39, 0.29) is 17.9 Å². The molecule has 2 heterocycles. The molecule has 4 aliphatic carbocycles. The Bertz CT molecular complexity index is 871. The van der Waals surface area contributed by atoms with Crippen molar-refractivity contribution < 1.29 is 19.1 Å². The van der Waals surface area contributed by atoms with Gasteiger partial charge >= 0.3 is 11.9 Å². The summed E-state index contributed by atoms with van der Waals surface area (Å²) in [6.45, 7) is 4.26. The smallest absolute Gasteiger partial charge is 0.340 e. The molecule has 6 rings (SSSR count). The Hall–Kier alpha value is -2.10. The lowest BCUT2D eigenvalue weighted by atomic mass is 9.47. The molecule has 2 fully saturated rings. The molecule has 1 saturated heterocycles. The zero-order valence-corrected chi connectivity index (χ0v) is 16.8. The van der Waals surface area contributed by atoms with Crippen molar-refractivity contribution in [2.45, 2.75) is 65.2 Å². The van der Waals surface area contributed by atoms with E-state index in [1.807, 2.05) is 0 Å². The number of unbranched alkanes of at least 4 members (excludes halogenated alkanes) is 2. The van der Waals surface area contributed by atoms with Crippen LogP contribution in [0.1, 0.15) is 65.2 Å². The van der Waals surface area contributed by atoms with Gasteiger partial charge in [-0.05, 0) is 62.5 Å². The van der Waals surface area contributed by atoms with E-state index in [9.17, 15) is 9.59 Å². The van der Waals surface area contributed by atoms with Crippen LogP contribution in [-0.2, 0) is 19.1 Å². The van der Waals surface area contributed by atoms with Gasteiger partial charge in [-0.15, -0.1) is 0 Å². The number of allylic oxidation sites excluding steroid dienone is 5. The number of ether oxygens (including phenoxy) is 2. The van der Waals surface area contributed by atoms with Crippen LogP contribution in [0.3, 0.4) is 0 Å². The molecule has 2 bridgehead atoms. The Balaban J connectivity index is 1.68. The monoisotopic (exact) mass is 380 g/mol. The molecule has 0 amide bonds. The van der Waals surface area contributed by atoms with Crippen molar-refractivity contribution in [1.82, 2.24) is 0 Å². The van der Waals surface area contributed by atoms with E-state index in [1.165, 1.54) is 0 Å². The fourth-order valence-corrected chi connectivity index (χ4v) is 6.29. The van der Waals surface area contributed by atoms with Crippen LogP contribution in [0.5, 0.6) is 0 Å². The summed E-state index contributed by atoms with van der Waals surface area (Å²) in [7, 11) is 0. The van der Waals surface area contributed by atoms with Crippen molar-refractivity contribution in [1.29, 1.82) is 0 Å². The van der Waals surface area contributed by atoms with Gasteiger partial charge in [0.2, 0.25) is 0 Å². The van der Waals surface area contributed by atoms with Gasteiger partial charge in [0.15, 0.2) is 0 Å². The molecule has 0 unspecified atom stereocenters. The predicted octanol–water partition coefficient (Wildman–Crippen LogP) is 5.13. The van der Waals surface area contributed by atoms with Crippen LogP contribution in [0.2, 0.25) is 0 Å². The van der Waals surface area contributed by atoms with Crippen LogP contribution in [0.4, 0.5) is 0 Å². The zero-order chi connectivity index (χ0) is 19.5. The second-order valence-corrected chi connectivity index (χ2v) is 8.82. The first-order valence-corrected chi connectivity index (χ1v) is 10.9. The normalized spacial score (nSPS) is 38.4. The second-order valence-electron chi connectivity index (χ2n) is 8.82. The van der Waals surface area contributed by atoms with Gasteiger partial charge < -0.3 is 9.47 Å². The van der Waals surface area contributed by atoms with Crippen molar-refractivity contribution in [3.05, 3.63) is 46.5 Å². The SMILES string of the molecule is CCC/C=C1\OC(=O)C2=C1CC[C@@H]1[C@@H]3C=C4C(=O)O/C(=C\CCC)[C@]4(CC3)[C@H]21. The Morgan fingerprint density at radius 2 is 1.86 bits per heavy atom.